The monoisotopic (exact) mass is 434 g/mol. The number of nitrogens with one attached hydrogen (secondary N) is 1. The molecule has 3 N–H and O–H groups in total. The predicted octanol–water partition coefficient (Wildman–Crippen LogP) is 2.10. The Hall–Kier alpha value is -1.39. The second-order valence-electron chi connectivity index (χ2n) is 6.86. The van der Waals surface area contributed by atoms with Gasteiger partial charge in [0, 0.05) is 29.8 Å². The van der Waals surface area contributed by atoms with E-state index >= 15 is 0 Å². The minimum Gasteiger partial charge on any atom is -0.444 e. The second kappa shape index (κ2) is 7.46. The average molecular weight is 435 g/mol. The molecular weight excluding hydrogens is 412 g/mol. The number of aromatic nitrogens is 1. The van der Waals surface area contributed by atoms with Gasteiger partial charge in [-0.15, -0.1) is 0 Å². The van der Waals surface area contributed by atoms with Crippen LogP contribution in [0.4, 0.5) is 10.6 Å². The summed E-state index contributed by atoms with van der Waals surface area (Å²) in [5.74, 6) is -0.0777. The number of pyridine rings is 1. The number of nitrogens with two attached hydrogens (primary N) is 1. The van der Waals surface area contributed by atoms with Crippen LogP contribution in [0, 0.1) is 0 Å². The Bertz CT molecular complexity index is 748. The van der Waals surface area contributed by atoms with Crippen molar-refractivity contribution in [3.05, 3.63) is 16.7 Å². The molecule has 8 nitrogen and oxygen atoms in total. The van der Waals surface area contributed by atoms with Crippen molar-refractivity contribution in [3.8, 4) is 0 Å². The molecule has 0 aliphatic carbocycles. The SMILES string of the molecule is CC(C)(C)OC(=O)N1CCC[C@@H]1CNS(=O)(=O)c1cc(Br)cnc1N. The molecule has 0 saturated carbocycles. The number of rotatable bonds is 4. The van der Waals surface area contributed by atoms with Gasteiger partial charge < -0.3 is 15.4 Å². The number of nitrogens with zero attached hydrogens (tertiary/aromatic N) is 2. The highest BCUT2D eigenvalue weighted by Gasteiger charge is 2.33. The third-order valence-corrected chi connectivity index (χ3v) is 5.54. The fourth-order valence-corrected chi connectivity index (χ4v) is 4.20. The van der Waals surface area contributed by atoms with Gasteiger partial charge in [0.1, 0.15) is 16.3 Å². The number of sulfonamides is 1. The molecule has 1 aromatic heterocycles. The first-order valence-electron chi connectivity index (χ1n) is 7.90. The van der Waals surface area contributed by atoms with Crippen LogP contribution in [0.5, 0.6) is 0 Å². The number of ether oxygens (including phenoxy) is 1. The lowest BCUT2D eigenvalue weighted by molar-refractivity contribution is 0.0229. The van der Waals surface area contributed by atoms with Crippen LogP contribution in [-0.2, 0) is 14.8 Å². The van der Waals surface area contributed by atoms with E-state index in [1.807, 2.05) is 0 Å². The number of halogens is 1. The molecule has 1 amide bonds. The van der Waals surface area contributed by atoms with Crippen molar-refractivity contribution in [3.63, 3.8) is 0 Å². The van der Waals surface area contributed by atoms with Crippen LogP contribution < -0.4 is 10.5 Å². The number of hydrogen-bond donors (Lipinski definition) is 2. The first-order chi connectivity index (χ1) is 11.5. The summed E-state index contributed by atoms with van der Waals surface area (Å²) in [6.07, 6.45) is 2.49. The molecule has 0 bridgehead atoms. The van der Waals surface area contributed by atoms with E-state index < -0.39 is 21.7 Å². The molecule has 0 aromatic carbocycles. The summed E-state index contributed by atoms with van der Waals surface area (Å²) in [6, 6.07) is 1.14. The molecule has 2 heterocycles. The van der Waals surface area contributed by atoms with Crippen molar-refractivity contribution in [1.82, 2.24) is 14.6 Å². The third-order valence-electron chi connectivity index (χ3n) is 3.65. The number of hydrogen-bond acceptors (Lipinski definition) is 6. The number of anilines is 1. The molecule has 1 aliphatic heterocycles. The predicted molar refractivity (Wildman–Crippen MR) is 97.5 cm³/mol. The molecule has 10 heteroatoms. The molecule has 0 spiro atoms. The fourth-order valence-electron chi connectivity index (χ4n) is 2.54. The van der Waals surface area contributed by atoms with E-state index in [2.05, 4.69) is 25.6 Å². The van der Waals surface area contributed by atoms with Gasteiger partial charge in [-0.25, -0.2) is 22.9 Å². The molecule has 1 aromatic rings. The Morgan fingerprint density at radius 1 is 1.52 bits per heavy atom. The Morgan fingerprint density at radius 3 is 2.84 bits per heavy atom. The number of nitrogen functional groups attached to an aromatic ring is 1. The van der Waals surface area contributed by atoms with Crippen molar-refractivity contribution in [2.24, 2.45) is 0 Å². The molecule has 1 aliphatic rings. The zero-order valence-electron chi connectivity index (χ0n) is 14.5. The number of carbonyl (C=O) groups excluding carboxylic acids is 1. The number of likely N-dealkylation sites (tertiary alicyclic amines) is 1. The Kier molecular flexibility index (Phi) is 5.95. The minimum absolute atomic E-state index is 0.0777. The van der Waals surface area contributed by atoms with E-state index in [9.17, 15) is 13.2 Å². The zero-order valence-corrected chi connectivity index (χ0v) is 16.9. The van der Waals surface area contributed by atoms with Crippen LogP contribution in [-0.4, -0.2) is 49.1 Å². The van der Waals surface area contributed by atoms with E-state index in [4.69, 9.17) is 10.5 Å². The molecular formula is C15H23BrN4O4S. The summed E-state index contributed by atoms with van der Waals surface area (Å²) in [5.41, 5.74) is 5.07. The lowest BCUT2D eigenvalue weighted by Crippen LogP contribution is -2.45. The van der Waals surface area contributed by atoms with Crippen LogP contribution in [0.3, 0.4) is 0 Å². The Labute approximate surface area is 156 Å². The van der Waals surface area contributed by atoms with E-state index in [0.29, 0.717) is 17.4 Å². The van der Waals surface area contributed by atoms with Gasteiger partial charge in [0.05, 0.1) is 0 Å². The molecule has 140 valence electrons. The van der Waals surface area contributed by atoms with Crippen LogP contribution in [0.25, 0.3) is 0 Å². The van der Waals surface area contributed by atoms with Crippen LogP contribution in [0.1, 0.15) is 33.6 Å². The van der Waals surface area contributed by atoms with Crippen molar-refractivity contribution in [1.29, 1.82) is 0 Å². The van der Waals surface area contributed by atoms with Crippen molar-refractivity contribution < 1.29 is 17.9 Å². The van der Waals surface area contributed by atoms with E-state index in [0.717, 1.165) is 6.42 Å². The van der Waals surface area contributed by atoms with Gasteiger partial charge in [-0.2, -0.15) is 0 Å². The average Bonchev–Trinajstić information content (AvgIpc) is 2.94. The summed E-state index contributed by atoms with van der Waals surface area (Å²) in [7, 11) is -3.83. The van der Waals surface area contributed by atoms with Gasteiger partial charge in [0.25, 0.3) is 0 Å². The van der Waals surface area contributed by atoms with Crippen LogP contribution >= 0.6 is 15.9 Å². The smallest absolute Gasteiger partial charge is 0.410 e. The summed E-state index contributed by atoms with van der Waals surface area (Å²) >= 11 is 3.18. The lowest BCUT2D eigenvalue weighted by atomic mass is 10.2. The van der Waals surface area contributed by atoms with Crippen LogP contribution in [0.2, 0.25) is 0 Å². The van der Waals surface area contributed by atoms with Gasteiger partial charge in [0.15, 0.2) is 0 Å². The summed E-state index contributed by atoms with van der Waals surface area (Å²) in [4.78, 5) is 17.6. The maximum Gasteiger partial charge on any atom is 0.410 e. The van der Waals surface area contributed by atoms with Crippen molar-refractivity contribution in [2.45, 2.75) is 50.2 Å². The molecule has 2 rings (SSSR count). The van der Waals surface area contributed by atoms with Crippen molar-refractivity contribution in [2.75, 3.05) is 18.8 Å². The second-order valence-corrected chi connectivity index (χ2v) is 9.51. The first kappa shape index (κ1) is 19.9. The van der Waals surface area contributed by atoms with Gasteiger partial charge in [0.2, 0.25) is 10.0 Å². The maximum atomic E-state index is 12.5. The molecule has 1 saturated heterocycles. The first-order valence-corrected chi connectivity index (χ1v) is 10.2. The molecule has 1 atom stereocenters. The van der Waals surface area contributed by atoms with Crippen LogP contribution in [0.15, 0.2) is 21.6 Å². The minimum atomic E-state index is -3.83. The molecule has 0 unspecified atom stereocenters. The lowest BCUT2D eigenvalue weighted by Gasteiger charge is -2.28. The fraction of sp³-hybridized carbons (Fsp3) is 0.600. The summed E-state index contributed by atoms with van der Waals surface area (Å²) < 4.78 is 33.4. The molecule has 1 fully saturated rings. The van der Waals surface area contributed by atoms with E-state index in [1.54, 1.807) is 25.7 Å². The maximum absolute atomic E-state index is 12.5. The summed E-state index contributed by atoms with van der Waals surface area (Å²) in [6.45, 7) is 6.01. The zero-order chi connectivity index (χ0) is 18.8. The van der Waals surface area contributed by atoms with Gasteiger partial charge in [-0.05, 0) is 55.6 Å². The highest BCUT2D eigenvalue weighted by molar-refractivity contribution is 9.10. The van der Waals surface area contributed by atoms with Gasteiger partial charge in [-0.1, -0.05) is 0 Å². The third kappa shape index (κ3) is 5.29. The van der Waals surface area contributed by atoms with E-state index in [1.165, 1.54) is 12.3 Å². The quantitative estimate of drug-likeness (QED) is 0.749. The highest BCUT2D eigenvalue weighted by atomic mass is 79.9. The van der Waals surface area contributed by atoms with Gasteiger partial charge in [-0.3, -0.25) is 0 Å². The van der Waals surface area contributed by atoms with E-state index in [-0.39, 0.29) is 23.3 Å². The molecule has 25 heavy (non-hydrogen) atoms. The summed E-state index contributed by atoms with van der Waals surface area (Å²) in [5, 5.41) is 0. The standard InChI is InChI=1S/C15H23BrN4O4S/c1-15(2,3)24-14(21)20-6-4-5-11(20)9-19-25(22,23)12-7-10(16)8-18-13(12)17/h7-8,11,19H,4-6,9H2,1-3H3,(H2,17,18)/t11-/m1/s1. The Morgan fingerprint density at radius 2 is 2.20 bits per heavy atom. The molecule has 0 radical (unpaired) electrons. The highest BCUT2D eigenvalue weighted by Crippen LogP contribution is 2.23. The topological polar surface area (TPSA) is 115 Å². The Balaban J connectivity index is 2.06. The van der Waals surface area contributed by atoms with Gasteiger partial charge >= 0.3 is 6.09 Å². The largest absolute Gasteiger partial charge is 0.444 e. The number of carbonyl (C=O) groups is 1. The number of amides is 1. The van der Waals surface area contributed by atoms with Crippen molar-refractivity contribution >= 4 is 37.9 Å². The normalized spacial score (nSPS) is 18.4.